The van der Waals surface area contributed by atoms with Gasteiger partial charge in [-0.2, -0.15) is 0 Å². The molecule has 0 fully saturated rings. The van der Waals surface area contributed by atoms with Gasteiger partial charge in [0.15, 0.2) is 0 Å². The molecule has 1 aromatic carbocycles. The predicted octanol–water partition coefficient (Wildman–Crippen LogP) is 3.39. The first-order chi connectivity index (χ1) is 6.13. The summed E-state index contributed by atoms with van der Waals surface area (Å²) in [4.78, 5) is 0. The van der Waals surface area contributed by atoms with Crippen molar-refractivity contribution in [2.45, 2.75) is 25.8 Å². The first-order valence-corrected chi connectivity index (χ1v) is 5.14. The van der Waals surface area contributed by atoms with Gasteiger partial charge >= 0.3 is 0 Å². The van der Waals surface area contributed by atoms with E-state index in [-0.39, 0.29) is 11.9 Å². The first-order valence-electron chi connectivity index (χ1n) is 4.35. The Bertz CT molecular complexity index is 268. The maximum Gasteiger partial charge on any atom is 0.124 e. The van der Waals surface area contributed by atoms with Crippen molar-refractivity contribution in [1.82, 2.24) is 0 Å². The van der Waals surface area contributed by atoms with Gasteiger partial charge < -0.3 is 5.73 Å². The van der Waals surface area contributed by atoms with Gasteiger partial charge in [0, 0.05) is 10.5 Å². The van der Waals surface area contributed by atoms with Crippen LogP contribution in [0.5, 0.6) is 0 Å². The second-order valence-corrected chi connectivity index (χ2v) is 4.01. The molecular weight excluding hydrogens is 233 g/mol. The zero-order chi connectivity index (χ0) is 9.84. The molecule has 0 radical (unpaired) electrons. The molecule has 0 aliphatic rings. The van der Waals surface area contributed by atoms with Crippen molar-refractivity contribution in [3.05, 3.63) is 34.1 Å². The Morgan fingerprint density at radius 2 is 2.15 bits per heavy atom. The lowest BCUT2D eigenvalue weighted by molar-refractivity contribution is 0.604. The summed E-state index contributed by atoms with van der Waals surface area (Å²) in [6.45, 7) is 2.06. The van der Waals surface area contributed by atoms with Crippen LogP contribution in [0.25, 0.3) is 0 Å². The van der Waals surface area contributed by atoms with Crippen molar-refractivity contribution in [2.24, 2.45) is 5.73 Å². The third-order valence-corrected chi connectivity index (χ3v) is 2.37. The Balaban J connectivity index is 2.87. The van der Waals surface area contributed by atoms with Crippen molar-refractivity contribution in [1.29, 1.82) is 0 Å². The van der Waals surface area contributed by atoms with E-state index in [9.17, 15) is 4.39 Å². The van der Waals surface area contributed by atoms with E-state index in [1.54, 1.807) is 0 Å². The van der Waals surface area contributed by atoms with E-state index in [0.29, 0.717) is 0 Å². The van der Waals surface area contributed by atoms with Gasteiger partial charge in [0.2, 0.25) is 0 Å². The molecule has 0 aromatic heterocycles. The van der Waals surface area contributed by atoms with E-state index in [4.69, 9.17) is 5.73 Å². The molecule has 1 atom stereocenters. The third-order valence-electron chi connectivity index (χ3n) is 1.91. The number of halogens is 2. The zero-order valence-corrected chi connectivity index (χ0v) is 9.14. The third kappa shape index (κ3) is 3.08. The van der Waals surface area contributed by atoms with Gasteiger partial charge in [-0.15, -0.1) is 0 Å². The molecule has 2 N–H and O–H groups in total. The van der Waals surface area contributed by atoms with Gasteiger partial charge in [0.1, 0.15) is 5.82 Å². The van der Waals surface area contributed by atoms with Crippen LogP contribution in [0.4, 0.5) is 4.39 Å². The van der Waals surface area contributed by atoms with E-state index in [1.165, 1.54) is 12.1 Å². The minimum Gasteiger partial charge on any atom is -0.324 e. The second-order valence-electron chi connectivity index (χ2n) is 3.10. The van der Waals surface area contributed by atoms with Crippen molar-refractivity contribution < 1.29 is 4.39 Å². The number of nitrogens with two attached hydrogens (primary N) is 1. The fraction of sp³-hybridized carbons (Fsp3) is 0.400. The Hall–Kier alpha value is -0.410. The molecular formula is C10H13BrFN. The maximum absolute atomic E-state index is 12.9. The molecule has 0 spiro atoms. The fourth-order valence-corrected chi connectivity index (χ4v) is 1.75. The number of rotatable bonds is 3. The normalized spacial score (nSPS) is 12.9. The summed E-state index contributed by atoms with van der Waals surface area (Å²) in [7, 11) is 0. The average Bonchev–Trinajstić information content (AvgIpc) is 2.03. The van der Waals surface area contributed by atoms with Crippen molar-refractivity contribution >= 4 is 15.9 Å². The van der Waals surface area contributed by atoms with Crippen molar-refractivity contribution in [3.63, 3.8) is 0 Å². The van der Waals surface area contributed by atoms with Gasteiger partial charge in [-0.05, 0) is 30.2 Å². The minimum absolute atomic E-state index is 0.0583. The molecule has 1 nitrogen and oxygen atoms in total. The molecule has 0 aliphatic carbocycles. The molecule has 1 unspecified atom stereocenters. The molecule has 0 bridgehead atoms. The number of hydrogen-bond acceptors (Lipinski definition) is 1. The van der Waals surface area contributed by atoms with Gasteiger partial charge in [-0.1, -0.05) is 29.3 Å². The molecule has 1 aromatic rings. The van der Waals surface area contributed by atoms with Crippen LogP contribution >= 0.6 is 15.9 Å². The summed E-state index contributed by atoms with van der Waals surface area (Å²) < 4.78 is 13.7. The highest BCUT2D eigenvalue weighted by molar-refractivity contribution is 9.10. The standard InChI is InChI=1S/C10H13BrFN/c1-2-3-10(13)7-4-8(11)6-9(12)5-7/h4-6,10H,2-3,13H2,1H3. The summed E-state index contributed by atoms with van der Waals surface area (Å²) >= 11 is 3.24. The molecule has 0 saturated carbocycles. The number of hydrogen-bond donors (Lipinski definition) is 1. The molecule has 1 rings (SSSR count). The van der Waals surface area contributed by atoms with Gasteiger partial charge in [-0.3, -0.25) is 0 Å². The molecule has 0 aliphatic heterocycles. The van der Waals surface area contributed by atoms with Crippen molar-refractivity contribution in [3.8, 4) is 0 Å². The van der Waals surface area contributed by atoms with E-state index in [2.05, 4.69) is 22.9 Å². The van der Waals surface area contributed by atoms with Crippen LogP contribution in [0.1, 0.15) is 31.4 Å². The Morgan fingerprint density at radius 1 is 1.46 bits per heavy atom. The molecule has 13 heavy (non-hydrogen) atoms. The zero-order valence-electron chi connectivity index (χ0n) is 7.56. The first kappa shape index (κ1) is 10.7. The van der Waals surface area contributed by atoms with E-state index >= 15 is 0 Å². The lowest BCUT2D eigenvalue weighted by Gasteiger charge is -2.10. The highest BCUT2D eigenvalue weighted by Crippen LogP contribution is 2.21. The van der Waals surface area contributed by atoms with Crippen LogP contribution in [0.2, 0.25) is 0 Å². The van der Waals surface area contributed by atoms with Crippen LogP contribution in [-0.4, -0.2) is 0 Å². The monoisotopic (exact) mass is 245 g/mol. The van der Waals surface area contributed by atoms with Gasteiger partial charge in [0.25, 0.3) is 0 Å². The molecule has 3 heteroatoms. The van der Waals surface area contributed by atoms with Crippen LogP contribution in [0.3, 0.4) is 0 Å². The highest BCUT2D eigenvalue weighted by atomic mass is 79.9. The summed E-state index contributed by atoms with van der Waals surface area (Å²) in [6.07, 6.45) is 1.89. The molecule has 0 heterocycles. The number of benzene rings is 1. The van der Waals surface area contributed by atoms with Gasteiger partial charge in [0.05, 0.1) is 0 Å². The van der Waals surface area contributed by atoms with Crippen LogP contribution in [-0.2, 0) is 0 Å². The van der Waals surface area contributed by atoms with Gasteiger partial charge in [-0.25, -0.2) is 4.39 Å². The topological polar surface area (TPSA) is 26.0 Å². The summed E-state index contributed by atoms with van der Waals surface area (Å²) in [5.41, 5.74) is 6.71. The second kappa shape index (κ2) is 4.72. The van der Waals surface area contributed by atoms with E-state index in [0.717, 1.165) is 22.9 Å². The van der Waals surface area contributed by atoms with Crippen LogP contribution in [0.15, 0.2) is 22.7 Å². The van der Waals surface area contributed by atoms with Crippen molar-refractivity contribution in [2.75, 3.05) is 0 Å². The smallest absolute Gasteiger partial charge is 0.124 e. The minimum atomic E-state index is -0.240. The summed E-state index contributed by atoms with van der Waals surface area (Å²) in [6, 6.07) is 4.73. The molecule has 72 valence electrons. The predicted molar refractivity (Wildman–Crippen MR) is 55.9 cm³/mol. The average molecular weight is 246 g/mol. The van der Waals surface area contributed by atoms with E-state index < -0.39 is 0 Å². The fourth-order valence-electron chi connectivity index (χ4n) is 1.27. The molecule has 0 saturated heterocycles. The highest BCUT2D eigenvalue weighted by Gasteiger charge is 2.06. The quantitative estimate of drug-likeness (QED) is 0.869. The maximum atomic E-state index is 12.9. The van der Waals surface area contributed by atoms with Crippen LogP contribution in [0, 0.1) is 5.82 Å². The summed E-state index contributed by atoms with van der Waals surface area (Å²) in [5, 5.41) is 0. The molecule has 0 amide bonds. The lowest BCUT2D eigenvalue weighted by Crippen LogP contribution is -2.09. The van der Waals surface area contributed by atoms with E-state index in [1.807, 2.05) is 6.07 Å². The Morgan fingerprint density at radius 3 is 2.69 bits per heavy atom. The summed E-state index contributed by atoms with van der Waals surface area (Å²) in [5.74, 6) is -0.240. The Labute approximate surface area is 86.3 Å². The largest absolute Gasteiger partial charge is 0.324 e. The lowest BCUT2D eigenvalue weighted by atomic mass is 10.0. The Kier molecular flexibility index (Phi) is 3.88. The SMILES string of the molecule is CCCC(N)c1cc(F)cc(Br)c1. The van der Waals surface area contributed by atoms with Crippen LogP contribution < -0.4 is 5.73 Å².